The molecule has 0 bridgehead atoms. The highest BCUT2D eigenvalue weighted by Crippen LogP contribution is 2.31. The van der Waals surface area contributed by atoms with E-state index in [1.54, 1.807) is 36.4 Å². The standard InChI is InChI=1S/C19H17ClN2O5S/c1-26-18-11-12(7-8-15(18)22-28(2,24)25)21-19(23)17-10-9-16(27-17)13-5-3-4-6-14(13)20/h3-11,22H,1-2H3,(H,21,23). The first-order valence-electron chi connectivity index (χ1n) is 8.09. The van der Waals surface area contributed by atoms with Crippen LogP contribution in [0.25, 0.3) is 11.3 Å². The SMILES string of the molecule is COc1cc(NC(=O)c2ccc(-c3ccccc3Cl)o2)ccc1NS(C)(=O)=O. The zero-order chi connectivity index (χ0) is 20.3. The number of amides is 1. The molecule has 0 aliphatic rings. The molecule has 1 amide bonds. The molecule has 1 aromatic heterocycles. The van der Waals surface area contributed by atoms with E-state index in [0.29, 0.717) is 22.0 Å². The summed E-state index contributed by atoms with van der Waals surface area (Å²) in [6.45, 7) is 0. The zero-order valence-electron chi connectivity index (χ0n) is 15.0. The Bertz CT molecular complexity index is 1120. The molecule has 1 heterocycles. The summed E-state index contributed by atoms with van der Waals surface area (Å²) >= 11 is 6.15. The lowest BCUT2D eigenvalue weighted by molar-refractivity contribution is 0.0997. The molecule has 0 saturated heterocycles. The Morgan fingerprint density at radius 1 is 1.11 bits per heavy atom. The minimum atomic E-state index is -3.46. The Hall–Kier alpha value is -2.97. The maximum atomic E-state index is 12.5. The van der Waals surface area contributed by atoms with Crippen molar-refractivity contribution in [2.45, 2.75) is 0 Å². The lowest BCUT2D eigenvalue weighted by atomic mass is 10.2. The van der Waals surface area contributed by atoms with E-state index in [4.69, 9.17) is 20.8 Å². The molecule has 0 aliphatic heterocycles. The van der Waals surface area contributed by atoms with Crippen LogP contribution in [-0.4, -0.2) is 27.7 Å². The van der Waals surface area contributed by atoms with Crippen molar-refractivity contribution >= 4 is 38.9 Å². The van der Waals surface area contributed by atoms with Crippen LogP contribution in [-0.2, 0) is 10.0 Å². The van der Waals surface area contributed by atoms with Gasteiger partial charge in [-0.25, -0.2) is 8.42 Å². The van der Waals surface area contributed by atoms with Gasteiger partial charge in [-0.05, 0) is 36.4 Å². The van der Waals surface area contributed by atoms with Crippen LogP contribution in [0.3, 0.4) is 0 Å². The van der Waals surface area contributed by atoms with Crippen molar-refractivity contribution in [3.8, 4) is 17.1 Å². The number of nitrogens with one attached hydrogen (secondary N) is 2. The molecule has 2 aromatic carbocycles. The summed E-state index contributed by atoms with van der Waals surface area (Å²) in [6.07, 6.45) is 1.04. The fraction of sp³-hybridized carbons (Fsp3) is 0.105. The number of methoxy groups -OCH3 is 1. The van der Waals surface area contributed by atoms with Crippen molar-refractivity contribution < 1.29 is 22.4 Å². The molecular formula is C19H17ClN2O5S. The van der Waals surface area contributed by atoms with Gasteiger partial charge in [0.2, 0.25) is 10.0 Å². The van der Waals surface area contributed by atoms with Crippen LogP contribution in [0.2, 0.25) is 5.02 Å². The third-order valence-electron chi connectivity index (χ3n) is 3.72. The van der Waals surface area contributed by atoms with Gasteiger partial charge in [0, 0.05) is 17.3 Å². The number of hydrogen-bond acceptors (Lipinski definition) is 5. The molecule has 0 aliphatic carbocycles. The molecule has 0 fully saturated rings. The molecule has 9 heteroatoms. The predicted octanol–water partition coefficient (Wildman–Crippen LogP) is 4.23. The number of anilines is 2. The van der Waals surface area contributed by atoms with E-state index in [-0.39, 0.29) is 17.2 Å². The number of carbonyl (C=O) groups excluding carboxylic acids is 1. The number of furan rings is 1. The number of sulfonamides is 1. The summed E-state index contributed by atoms with van der Waals surface area (Å²) in [5.74, 6) is 0.372. The molecule has 0 spiro atoms. The van der Waals surface area contributed by atoms with Crippen molar-refractivity contribution in [2.75, 3.05) is 23.4 Å². The number of benzene rings is 2. The summed E-state index contributed by atoms with van der Waals surface area (Å²) in [5.41, 5.74) is 1.36. The number of halogens is 1. The minimum absolute atomic E-state index is 0.104. The Balaban J connectivity index is 1.79. The molecule has 0 atom stereocenters. The third kappa shape index (κ3) is 4.65. The lowest BCUT2D eigenvalue weighted by Crippen LogP contribution is -2.12. The Kier molecular flexibility index (Phi) is 5.62. The van der Waals surface area contributed by atoms with Crippen molar-refractivity contribution in [1.82, 2.24) is 0 Å². The van der Waals surface area contributed by atoms with Gasteiger partial charge in [0.15, 0.2) is 5.76 Å². The first-order chi connectivity index (χ1) is 13.3. The fourth-order valence-corrected chi connectivity index (χ4v) is 3.31. The maximum Gasteiger partial charge on any atom is 0.291 e. The highest BCUT2D eigenvalue weighted by Gasteiger charge is 2.15. The first kappa shape index (κ1) is 19.8. The number of carbonyl (C=O) groups is 1. The van der Waals surface area contributed by atoms with Crippen LogP contribution in [0.1, 0.15) is 10.6 Å². The Morgan fingerprint density at radius 3 is 2.54 bits per heavy atom. The van der Waals surface area contributed by atoms with Crippen LogP contribution in [0.15, 0.2) is 59.0 Å². The second-order valence-corrected chi connectivity index (χ2v) is 8.04. The summed E-state index contributed by atoms with van der Waals surface area (Å²) in [4.78, 5) is 12.5. The van der Waals surface area contributed by atoms with Crippen molar-refractivity contribution in [2.24, 2.45) is 0 Å². The van der Waals surface area contributed by atoms with Gasteiger partial charge in [0.1, 0.15) is 11.5 Å². The van der Waals surface area contributed by atoms with Gasteiger partial charge >= 0.3 is 0 Å². The van der Waals surface area contributed by atoms with E-state index in [2.05, 4.69) is 10.0 Å². The smallest absolute Gasteiger partial charge is 0.291 e. The Morgan fingerprint density at radius 2 is 1.86 bits per heavy atom. The summed E-state index contributed by atoms with van der Waals surface area (Å²) in [5, 5.41) is 3.20. The molecule has 3 rings (SSSR count). The van der Waals surface area contributed by atoms with Crippen molar-refractivity contribution in [3.63, 3.8) is 0 Å². The molecule has 0 saturated carbocycles. The van der Waals surface area contributed by atoms with Gasteiger partial charge < -0.3 is 14.5 Å². The zero-order valence-corrected chi connectivity index (χ0v) is 16.6. The summed E-state index contributed by atoms with van der Waals surface area (Å²) in [7, 11) is -2.06. The van der Waals surface area contributed by atoms with Crippen LogP contribution >= 0.6 is 11.6 Å². The fourth-order valence-electron chi connectivity index (χ4n) is 2.51. The predicted molar refractivity (Wildman–Crippen MR) is 109 cm³/mol. The topological polar surface area (TPSA) is 97.6 Å². The van der Waals surface area contributed by atoms with Crippen LogP contribution in [0.5, 0.6) is 5.75 Å². The molecule has 2 N–H and O–H groups in total. The van der Waals surface area contributed by atoms with Crippen LogP contribution in [0.4, 0.5) is 11.4 Å². The van der Waals surface area contributed by atoms with Gasteiger partial charge in [0.05, 0.1) is 24.1 Å². The van der Waals surface area contributed by atoms with Gasteiger partial charge in [-0.3, -0.25) is 9.52 Å². The van der Waals surface area contributed by atoms with Gasteiger partial charge in [-0.1, -0.05) is 23.7 Å². The third-order valence-corrected chi connectivity index (χ3v) is 4.64. The van der Waals surface area contributed by atoms with E-state index in [0.717, 1.165) is 6.26 Å². The molecule has 3 aromatic rings. The quantitative estimate of drug-likeness (QED) is 0.621. The number of ether oxygens (including phenoxy) is 1. The highest BCUT2D eigenvalue weighted by molar-refractivity contribution is 7.92. The molecular weight excluding hydrogens is 404 g/mol. The van der Waals surface area contributed by atoms with E-state index >= 15 is 0 Å². The molecule has 7 nitrogen and oxygen atoms in total. The molecule has 146 valence electrons. The minimum Gasteiger partial charge on any atom is -0.494 e. The average molecular weight is 421 g/mol. The second-order valence-electron chi connectivity index (χ2n) is 5.89. The van der Waals surface area contributed by atoms with Crippen molar-refractivity contribution in [1.29, 1.82) is 0 Å². The van der Waals surface area contributed by atoms with Crippen LogP contribution < -0.4 is 14.8 Å². The monoisotopic (exact) mass is 420 g/mol. The van der Waals surface area contributed by atoms with E-state index in [1.165, 1.54) is 19.2 Å². The highest BCUT2D eigenvalue weighted by atomic mass is 35.5. The van der Waals surface area contributed by atoms with Gasteiger partial charge in [0.25, 0.3) is 5.91 Å². The van der Waals surface area contributed by atoms with E-state index in [9.17, 15) is 13.2 Å². The van der Waals surface area contributed by atoms with Crippen molar-refractivity contribution in [3.05, 3.63) is 65.4 Å². The van der Waals surface area contributed by atoms with E-state index < -0.39 is 15.9 Å². The molecule has 0 unspecified atom stereocenters. The normalized spacial score (nSPS) is 11.1. The number of rotatable bonds is 6. The Labute approximate surface area is 167 Å². The first-order valence-corrected chi connectivity index (χ1v) is 10.4. The maximum absolute atomic E-state index is 12.5. The largest absolute Gasteiger partial charge is 0.494 e. The molecule has 28 heavy (non-hydrogen) atoms. The van der Waals surface area contributed by atoms with Gasteiger partial charge in [-0.2, -0.15) is 0 Å². The molecule has 0 radical (unpaired) electrons. The lowest BCUT2D eigenvalue weighted by Gasteiger charge is -2.12. The average Bonchev–Trinajstić information content (AvgIpc) is 3.12. The van der Waals surface area contributed by atoms with Crippen LogP contribution in [0, 0.1) is 0 Å². The summed E-state index contributed by atoms with van der Waals surface area (Å²) in [6, 6.07) is 14.9. The number of hydrogen-bond donors (Lipinski definition) is 2. The summed E-state index contributed by atoms with van der Waals surface area (Å²) < 4.78 is 35.9. The van der Waals surface area contributed by atoms with E-state index in [1.807, 2.05) is 6.07 Å². The second kappa shape index (κ2) is 7.95. The van der Waals surface area contributed by atoms with Gasteiger partial charge in [-0.15, -0.1) is 0 Å².